The molecule has 1 amide bonds. The van der Waals surface area contributed by atoms with Gasteiger partial charge in [0.1, 0.15) is 0 Å². The number of rotatable bonds is 7. The van der Waals surface area contributed by atoms with Crippen LogP contribution in [0, 0.1) is 0 Å². The number of carbonyl (C=O) groups excluding carboxylic acids is 1. The minimum atomic E-state index is -3.47. The Morgan fingerprint density at radius 2 is 1.80 bits per heavy atom. The maximum absolute atomic E-state index is 12.4. The molecule has 2 fully saturated rings. The third-order valence-electron chi connectivity index (χ3n) is 4.92. The van der Waals surface area contributed by atoms with Gasteiger partial charge in [-0.2, -0.15) is 17.4 Å². The van der Waals surface area contributed by atoms with Gasteiger partial charge in [-0.3, -0.25) is 4.79 Å². The highest BCUT2D eigenvalue weighted by Gasteiger charge is 2.34. The number of hydrogen-bond donors (Lipinski definition) is 1. The molecule has 2 heterocycles. The van der Waals surface area contributed by atoms with E-state index in [1.165, 1.54) is 9.87 Å². The third kappa shape index (κ3) is 5.03. The van der Waals surface area contributed by atoms with E-state index in [1.807, 2.05) is 18.2 Å². The lowest BCUT2D eigenvalue weighted by atomic mass is 10.1. The fourth-order valence-electron chi connectivity index (χ4n) is 3.58. The van der Waals surface area contributed by atoms with Crippen molar-refractivity contribution in [2.24, 2.45) is 0 Å². The number of carbonyl (C=O) groups is 1. The predicted molar refractivity (Wildman–Crippen MR) is 97.2 cm³/mol. The van der Waals surface area contributed by atoms with Gasteiger partial charge in [-0.25, -0.2) is 0 Å². The molecule has 2 aliphatic rings. The molecule has 0 spiro atoms. The smallest absolute Gasteiger partial charge is 0.279 e. The summed E-state index contributed by atoms with van der Waals surface area (Å²) in [7, 11) is -3.47. The number of piperidine rings is 1. The van der Waals surface area contributed by atoms with E-state index in [2.05, 4.69) is 16.9 Å². The second-order valence-corrected chi connectivity index (χ2v) is 8.61. The average molecular weight is 365 g/mol. The molecule has 2 saturated heterocycles. The minimum absolute atomic E-state index is 0.0411. The lowest BCUT2D eigenvalue weighted by molar-refractivity contribution is -0.127. The fraction of sp³-hybridized carbons (Fsp3) is 0.611. The zero-order valence-corrected chi connectivity index (χ0v) is 15.4. The number of aryl methyl sites for hydroxylation is 1. The lowest BCUT2D eigenvalue weighted by Gasteiger charge is -2.27. The highest BCUT2D eigenvalue weighted by Crippen LogP contribution is 2.17. The van der Waals surface area contributed by atoms with Crippen LogP contribution < -0.4 is 4.72 Å². The van der Waals surface area contributed by atoms with E-state index in [0.717, 1.165) is 32.1 Å². The average Bonchev–Trinajstić information content (AvgIpc) is 2.95. The zero-order chi connectivity index (χ0) is 17.7. The van der Waals surface area contributed by atoms with Crippen molar-refractivity contribution >= 4 is 16.1 Å². The zero-order valence-electron chi connectivity index (χ0n) is 14.6. The van der Waals surface area contributed by atoms with Crippen LogP contribution in [-0.4, -0.2) is 55.8 Å². The molecule has 3 rings (SSSR count). The van der Waals surface area contributed by atoms with Gasteiger partial charge in [0.2, 0.25) is 5.91 Å². The van der Waals surface area contributed by atoms with Gasteiger partial charge < -0.3 is 4.90 Å². The van der Waals surface area contributed by atoms with Gasteiger partial charge in [0.15, 0.2) is 0 Å². The van der Waals surface area contributed by atoms with Crippen molar-refractivity contribution < 1.29 is 13.2 Å². The highest BCUT2D eigenvalue weighted by atomic mass is 32.2. The Morgan fingerprint density at radius 1 is 1.08 bits per heavy atom. The van der Waals surface area contributed by atoms with Crippen LogP contribution in [0.2, 0.25) is 0 Å². The van der Waals surface area contributed by atoms with Crippen LogP contribution in [-0.2, 0) is 21.4 Å². The van der Waals surface area contributed by atoms with Crippen molar-refractivity contribution in [2.45, 2.75) is 44.6 Å². The summed E-state index contributed by atoms with van der Waals surface area (Å²) in [5.41, 5.74) is 1.26. The molecule has 6 nitrogen and oxygen atoms in total. The Kier molecular flexibility index (Phi) is 6.09. The molecule has 138 valence electrons. The number of amides is 1. The maximum atomic E-state index is 12.4. The Balaban J connectivity index is 1.47. The van der Waals surface area contributed by atoms with E-state index in [1.54, 1.807) is 4.90 Å². The largest absolute Gasteiger partial charge is 0.341 e. The normalized spacial score (nSPS) is 22.5. The van der Waals surface area contributed by atoms with Crippen molar-refractivity contribution in [1.82, 2.24) is 13.9 Å². The van der Waals surface area contributed by atoms with Crippen LogP contribution >= 0.6 is 0 Å². The van der Waals surface area contributed by atoms with Crippen LogP contribution in [0.5, 0.6) is 0 Å². The van der Waals surface area contributed by atoms with Gasteiger partial charge in [-0.15, -0.1) is 0 Å². The summed E-state index contributed by atoms with van der Waals surface area (Å²) in [5, 5.41) is 0. The second kappa shape index (κ2) is 8.29. The van der Waals surface area contributed by atoms with Gasteiger partial charge in [-0.05, 0) is 31.2 Å². The number of hydrogen-bond acceptors (Lipinski definition) is 3. The standard InChI is InChI=1S/C18H27N3O3S/c22-18-14-17(19-25(23,24)21-12-5-2-6-13-21)15-20(18)11-7-10-16-8-3-1-4-9-16/h1,3-4,8-9,17,19H,2,5-7,10-15H2/t17-/m0/s1. The fourth-order valence-corrected chi connectivity index (χ4v) is 5.04. The second-order valence-electron chi connectivity index (χ2n) is 6.91. The van der Waals surface area contributed by atoms with Crippen LogP contribution in [0.25, 0.3) is 0 Å². The first kappa shape index (κ1) is 18.4. The van der Waals surface area contributed by atoms with Gasteiger partial charge in [0.05, 0.1) is 0 Å². The number of likely N-dealkylation sites (tertiary alicyclic amines) is 1. The maximum Gasteiger partial charge on any atom is 0.279 e. The Bertz CT molecular complexity index is 672. The Morgan fingerprint density at radius 3 is 2.52 bits per heavy atom. The molecule has 0 bridgehead atoms. The van der Waals surface area contributed by atoms with Crippen LogP contribution in [0.4, 0.5) is 0 Å². The van der Waals surface area contributed by atoms with Gasteiger partial charge in [0.25, 0.3) is 10.2 Å². The van der Waals surface area contributed by atoms with Crippen molar-refractivity contribution in [2.75, 3.05) is 26.2 Å². The van der Waals surface area contributed by atoms with Crippen LogP contribution in [0.3, 0.4) is 0 Å². The summed E-state index contributed by atoms with van der Waals surface area (Å²) in [5.74, 6) is 0.0411. The van der Waals surface area contributed by atoms with Gasteiger partial charge in [-0.1, -0.05) is 36.8 Å². The molecule has 0 aromatic heterocycles. The Labute approximate surface area is 150 Å². The summed E-state index contributed by atoms with van der Waals surface area (Å²) in [4.78, 5) is 14.0. The molecule has 1 aromatic carbocycles. The van der Waals surface area contributed by atoms with E-state index in [9.17, 15) is 13.2 Å². The van der Waals surface area contributed by atoms with Crippen molar-refractivity contribution in [3.05, 3.63) is 35.9 Å². The van der Waals surface area contributed by atoms with Crippen molar-refractivity contribution in [3.63, 3.8) is 0 Å². The number of benzene rings is 1. The quantitative estimate of drug-likeness (QED) is 0.797. The summed E-state index contributed by atoms with van der Waals surface area (Å²) in [6, 6.07) is 9.88. The molecule has 1 aromatic rings. The molecule has 0 saturated carbocycles. The van der Waals surface area contributed by atoms with E-state index in [-0.39, 0.29) is 18.4 Å². The third-order valence-corrected chi connectivity index (χ3v) is 6.60. The number of nitrogens with one attached hydrogen (secondary N) is 1. The molecule has 1 atom stereocenters. The first-order valence-electron chi connectivity index (χ1n) is 9.14. The summed E-state index contributed by atoms with van der Waals surface area (Å²) in [6.07, 6.45) is 4.99. The first-order valence-corrected chi connectivity index (χ1v) is 10.6. The molecule has 0 unspecified atom stereocenters. The van der Waals surface area contributed by atoms with Crippen molar-refractivity contribution in [1.29, 1.82) is 0 Å². The predicted octanol–water partition coefficient (Wildman–Crippen LogP) is 1.54. The van der Waals surface area contributed by atoms with Crippen LogP contribution in [0.15, 0.2) is 30.3 Å². The van der Waals surface area contributed by atoms with E-state index in [4.69, 9.17) is 0 Å². The SMILES string of the molecule is O=C1C[C@H](NS(=O)(=O)N2CCCCC2)CN1CCCc1ccccc1. The first-order chi connectivity index (χ1) is 12.0. The molecule has 7 heteroatoms. The van der Waals surface area contributed by atoms with Gasteiger partial charge >= 0.3 is 0 Å². The molecule has 25 heavy (non-hydrogen) atoms. The Hall–Kier alpha value is -1.44. The van der Waals surface area contributed by atoms with E-state index < -0.39 is 10.2 Å². The highest BCUT2D eigenvalue weighted by molar-refractivity contribution is 7.87. The molecular formula is C18H27N3O3S. The molecule has 2 aliphatic heterocycles. The number of nitrogens with zero attached hydrogens (tertiary/aromatic N) is 2. The topological polar surface area (TPSA) is 69.7 Å². The van der Waals surface area contributed by atoms with Crippen LogP contribution in [0.1, 0.15) is 37.7 Å². The summed E-state index contributed by atoms with van der Waals surface area (Å²) < 4.78 is 29.1. The van der Waals surface area contributed by atoms with Crippen molar-refractivity contribution in [3.8, 4) is 0 Å². The minimum Gasteiger partial charge on any atom is -0.341 e. The van der Waals surface area contributed by atoms with Gasteiger partial charge in [0, 0.05) is 38.6 Å². The molecule has 0 aliphatic carbocycles. The summed E-state index contributed by atoms with van der Waals surface area (Å²) in [6.45, 7) is 2.31. The molecule has 0 radical (unpaired) electrons. The molecule has 1 N–H and O–H groups in total. The molecular weight excluding hydrogens is 338 g/mol. The van der Waals surface area contributed by atoms with E-state index in [0.29, 0.717) is 26.2 Å². The summed E-state index contributed by atoms with van der Waals surface area (Å²) >= 11 is 0. The van der Waals surface area contributed by atoms with E-state index >= 15 is 0 Å². The lowest BCUT2D eigenvalue weighted by Crippen LogP contribution is -2.48. The monoisotopic (exact) mass is 365 g/mol.